The molecule has 2 fully saturated rings. The highest BCUT2D eigenvalue weighted by molar-refractivity contribution is 9.10. The van der Waals surface area contributed by atoms with Crippen LogP contribution >= 0.6 is 15.9 Å². The first kappa shape index (κ1) is 16.3. The van der Waals surface area contributed by atoms with Crippen molar-refractivity contribution in [2.45, 2.75) is 44.2 Å². The van der Waals surface area contributed by atoms with E-state index in [0.717, 1.165) is 0 Å². The van der Waals surface area contributed by atoms with Gasteiger partial charge in [0.25, 0.3) is 5.56 Å². The van der Waals surface area contributed by atoms with Crippen molar-refractivity contribution in [2.75, 3.05) is 6.54 Å². The van der Waals surface area contributed by atoms with Crippen molar-refractivity contribution < 1.29 is 14.2 Å². The van der Waals surface area contributed by atoms with Gasteiger partial charge >= 0.3 is 5.69 Å². The van der Waals surface area contributed by atoms with Crippen molar-refractivity contribution in [1.82, 2.24) is 9.55 Å². The highest BCUT2D eigenvalue weighted by Crippen LogP contribution is 2.42. The Labute approximate surface area is 138 Å². The van der Waals surface area contributed by atoms with Crippen molar-refractivity contribution in [1.29, 1.82) is 0 Å². The topological polar surface area (TPSA) is 133 Å². The Hall–Kier alpha value is -1.56. The molecule has 2 aliphatic rings. The Kier molecular flexibility index (Phi) is 4.12. The molecule has 0 aromatic carbocycles. The van der Waals surface area contributed by atoms with Gasteiger partial charge in [0.05, 0.1) is 11.0 Å². The van der Waals surface area contributed by atoms with E-state index >= 15 is 0 Å². The molecule has 1 unspecified atom stereocenters. The van der Waals surface area contributed by atoms with Crippen LogP contribution in [-0.4, -0.2) is 40.2 Å². The second-order valence-electron chi connectivity index (χ2n) is 5.71. The third-order valence-electron chi connectivity index (χ3n) is 3.67. The average molecular weight is 390 g/mol. The van der Waals surface area contributed by atoms with Crippen molar-refractivity contribution in [3.05, 3.63) is 31.5 Å². The van der Waals surface area contributed by atoms with E-state index in [4.69, 9.17) is 20.1 Å². The average Bonchev–Trinajstić information content (AvgIpc) is 2.94. The number of fused-ring (bicyclic) bond motifs is 1. The maximum Gasteiger partial charge on any atom is 0.330 e. The summed E-state index contributed by atoms with van der Waals surface area (Å²) in [5, 5.41) is 6.95. The first-order valence-corrected chi connectivity index (χ1v) is 7.70. The summed E-state index contributed by atoms with van der Waals surface area (Å²) in [4.78, 5) is 25.8. The van der Waals surface area contributed by atoms with Gasteiger partial charge in [0.2, 0.25) is 0 Å². The number of halogens is 1. The first-order valence-electron chi connectivity index (χ1n) is 6.91. The van der Waals surface area contributed by atoms with Crippen LogP contribution in [0, 0.1) is 0 Å². The van der Waals surface area contributed by atoms with E-state index in [2.05, 4.69) is 31.3 Å². The molecule has 0 radical (unpaired) electrons. The molecule has 0 aliphatic carbocycles. The molecule has 0 bridgehead atoms. The molecular weight excluding hydrogens is 374 g/mol. The fourth-order valence-corrected chi connectivity index (χ4v) is 3.13. The smallest absolute Gasteiger partial charge is 0.330 e. The lowest BCUT2D eigenvalue weighted by atomic mass is 10.1. The summed E-state index contributed by atoms with van der Waals surface area (Å²) in [5.74, 6) is 4.21. The third kappa shape index (κ3) is 2.96. The number of ether oxygens (including phenoxy) is 3. The van der Waals surface area contributed by atoms with E-state index in [0.29, 0.717) is 0 Å². The van der Waals surface area contributed by atoms with Crippen LogP contribution in [0.15, 0.2) is 30.6 Å². The van der Waals surface area contributed by atoms with Gasteiger partial charge in [-0.05, 0) is 29.8 Å². The lowest BCUT2D eigenvalue weighted by molar-refractivity contribution is -0.196. The number of nitrogens with zero attached hydrogens (tertiary/aromatic N) is 3. The first-order chi connectivity index (χ1) is 10.8. The molecule has 11 heteroatoms. The molecule has 0 amide bonds. The summed E-state index contributed by atoms with van der Waals surface area (Å²) in [5.41, 5.74) is -1.12. The van der Waals surface area contributed by atoms with Crippen LogP contribution in [0.25, 0.3) is 0 Å². The number of nitrogens with one attached hydrogen (secondary N) is 1. The normalized spacial score (nSPS) is 32.5. The van der Waals surface area contributed by atoms with Crippen LogP contribution in [0.5, 0.6) is 0 Å². The molecule has 1 aromatic heterocycles. The summed E-state index contributed by atoms with van der Waals surface area (Å²) in [6.45, 7) is 3.72. The largest absolute Gasteiger partial charge is 0.347 e. The van der Waals surface area contributed by atoms with Gasteiger partial charge in [-0.2, -0.15) is 5.11 Å². The molecule has 3 heterocycles. The van der Waals surface area contributed by atoms with Gasteiger partial charge in [0.15, 0.2) is 12.0 Å². The monoisotopic (exact) mass is 389 g/mol. The summed E-state index contributed by atoms with van der Waals surface area (Å²) in [6.07, 6.45) is -0.835. The zero-order valence-corrected chi connectivity index (χ0v) is 14.0. The highest BCUT2D eigenvalue weighted by Gasteiger charge is 2.56. The molecule has 0 saturated carbocycles. The third-order valence-corrected chi connectivity index (χ3v) is 4.23. The van der Waals surface area contributed by atoms with Crippen LogP contribution in [0.4, 0.5) is 0 Å². The second kappa shape index (κ2) is 5.82. The number of rotatable bonds is 3. The standard InChI is InChI=1S/C12H16BrN5O5/c1-12(2)22-7-6(3-15-17-14)21-10(8(7)23-12)18-4-5(13)9(19)16-11(18)20/h4,6-8,10H,3H2,1-2H3,(H2,14,15)(H,16,19,20)/t6-,7+,8?,10-/m1/s1. The van der Waals surface area contributed by atoms with Gasteiger partial charge in [-0.1, -0.05) is 5.22 Å². The Bertz CT molecular complexity index is 744. The molecule has 3 N–H and O–H groups in total. The van der Waals surface area contributed by atoms with Crippen molar-refractivity contribution in [3.63, 3.8) is 0 Å². The van der Waals surface area contributed by atoms with E-state index in [1.54, 1.807) is 13.8 Å². The van der Waals surface area contributed by atoms with Crippen molar-refractivity contribution in [2.24, 2.45) is 16.2 Å². The van der Waals surface area contributed by atoms with Gasteiger partial charge in [0.1, 0.15) is 18.3 Å². The van der Waals surface area contributed by atoms with Gasteiger partial charge in [-0.3, -0.25) is 14.3 Å². The van der Waals surface area contributed by atoms with Gasteiger partial charge < -0.3 is 20.1 Å². The van der Waals surface area contributed by atoms with Crippen LogP contribution in [-0.2, 0) is 14.2 Å². The molecule has 2 saturated heterocycles. The molecule has 1 aromatic rings. The highest BCUT2D eigenvalue weighted by atomic mass is 79.9. The van der Waals surface area contributed by atoms with E-state index in [1.165, 1.54) is 10.8 Å². The number of H-pyrrole nitrogens is 1. The lowest BCUT2D eigenvalue weighted by Gasteiger charge is -2.24. The molecular formula is C12H16BrN5O5. The lowest BCUT2D eigenvalue weighted by Crippen LogP contribution is -2.37. The molecule has 23 heavy (non-hydrogen) atoms. The predicted octanol–water partition coefficient (Wildman–Crippen LogP) is 0.0425. The van der Waals surface area contributed by atoms with E-state index in [-0.39, 0.29) is 11.0 Å². The number of aromatic nitrogens is 2. The Morgan fingerprint density at radius 3 is 2.78 bits per heavy atom. The maximum atomic E-state index is 12.1. The second-order valence-corrected chi connectivity index (χ2v) is 6.57. The Balaban J connectivity index is 1.98. The number of hydrogen-bond donors (Lipinski definition) is 2. The van der Waals surface area contributed by atoms with E-state index in [9.17, 15) is 9.59 Å². The van der Waals surface area contributed by atoms with E-state index in [1.807, 2.05) is 0 Å². The molecule has 126 valence electrons. The molecule has 0 spiro atoms. The molecule has 10 nitrogen and oxygen atoms in total. The van der Waals surface area contributed by atoms with Crippen LogP contribution in [0.1, 0.15) is 20.1 Å². The fraction of sp³-hybridized carbons (Fsp3) is 0.667. The summed E-state index contributed by atoms with van der Waals surface area (Å²) >= 11 is 3.10. The van der Waals surface area contributed by atoms with Crippen LogP contribution < -0.4 is 17.1 Å². The quantitative estimate of drug-likeness (QED) is 0.425. The number of nitrogens with two attached hydrogens (primary N) is 1. The Morgan fingerprint density at radius 2 is 2.09 bits per heavy atom. The van der Waals surface area contributed by atoms with Crippen LogP contribution in [0.2, 0.25) is 0 Å². The minimum Gasteiger partial charge on any atom is -0.347 e. The minimum absolute atomic E-state index is 0.173. The van der Waals surface area contributed by atoms with Gasteiger partial charge in [-0.25, -0.2) is 4.79 Å². The molecule has 3 rings (SSSR count). The summed E-state index contributed by atoms with van der Waals surface area (Å²) in [6, 6.07) is 0. The SMILES string of the molecule is CC1(C)OC2[C@@H](O1)[C@@H](CN=NN)O[C@H]2n1cc(Br)c(=O)[nH]c1=O. The van der Waals surface area contributed by atoms with Gasteiger partial charge in [-0.15, -0.1) is 0 Å². The zero-order valence-electron chi connectivity index (χ0n) is 12.4. The minimum atomic E-state index is -0.821. The Morgan fingerprint density at radius 1 is 1.39 bits per heavy atom. The zero-order chi connectivity index (χ0) is 16.8. The number of hydrogen-bond acceptors (Lipinski definition) is 7. The van der Waals surface area contributed by atoms with Gasteiger partial charge in [0, 0.05) is 6.20 Å². The van der Waals surface area contributed by atoms with E-state index < -0.39 is 41.6 Å². The van der Waals surface area contributed by atoms with Crippen molar-refractivity contribution in [3.8, 4) is 0 Å². The van der Waals surface area contributed by atoms with Crippen molar-refractivity contribution >= 4 is 15.9 Å². The summed E-state index contributed by atoms with van der Waals surface area (Å²) in [7, 11) is 0. The van der Waals surface area contributed by atoms with Crippen LogP contribution in [0.3, 0.4) is 0 Å². The molecule has 4 atom stereocenters. The predicted molar refractivity (Wildman–Crippen MR) is 80.7 cm³/mol. The maximum absolute atomic E-state index is 12.1. The fourth-order valence-electron chi connectivity index (χ4n) is 2.81. The molecule has 2 aliphatic heterocycles. The number of aromatic amines is 1. The summed E-state index contributed by atoms with van der Waals surface area (Å²) < 4.78 is 19.0.